The SMILES string of the molecule is CN(Cc1ccco1)C(=O)C1CCC(=O)N1Cc1c[nH]c2ccccc12. The van der Waals surface area contributed by atoms with E-state index in [1.165, 1.54) is 0 Å². The van der Waals surface area contributed by atoms with E-state index in [2.05, 4.69) is 4.98 Å². The number of benzene rings is 1. The fraction of sp³-hybridized carbons (Fsp3) is 0.300. The molecule has 1 unspecified atom stereocenters. The van der Waals surface area contributed by atoms with Crippen LogP contribution in [0.25, 0.3) is 10.9 Å². The van der Waals surface area contributed by atoms with E-state index in [0.29, 0.717) is 25.9 Å². The standard InChI is InChI=1S/C20H21N3O3/c1-22(13-15-5-4-10-26-15)20(25)18-8-9-19(24)23(18)12-14-11-21-17-7-3-2-6-16(14)17/h2-7,10-11,18,21H,8-9,12-13H2,1H3. The van der Waals surface area contributed by atoms with Gasteiger partial charge in [-0.05, 0) is 30.2 Å². The number of hydrogen-bond donors (Lipinski definition) is 1. The molecule has 6 nitrogen and oxygen atoms in total. The van der Waals surface area contributed by atoms with Crippen molar-refractivity contribution < 1.29 is 14.0 Å². The Morgan fingerprint density at radius 3 is 2.96 bits per heavy atom. The molecule has 2 aromatic heterocycles. The first kappa shape index (κ1) is 16.4. The van der Waals surface area contributed by atoms with Crippen LogP contribution in [0.2, 0.25) is 0 Å². The number of nitrogens with one attached hydrogen (secondary N) is 1. The highest BCUT2D eigenvalue weighted by molar-refractivity contribution is 5.91. The Morgan fingerprint density at radius 1 is 1.31 bits per heavy atom. The number of fused-ring (bicyclic) bond motifs is 1. The molecule has 1 N–H and O–H groups in total. The van der Waals surface area contributed by atoms with E-state index in [9.17, 15) is 9.59 Å². The van der Waals surface area contributed by atoms with Gasteiger partial charge in [-0.25, -0.2) is 0 Å². The van der Waals surface area contributed by atoms with Gasteiger partial charge >= 0.3 is 0 Å². The number of likely N-dealkylation sites (N-methyl/N-ethyl adjacent to an activating group) is 1. The molecule has 0 saturated carbocycles. The summed E-state index contributed by atoms with van der Waals surface area (Å²) < 4.78 is 5.32. The number of hydrogen-bond acceptors (Lipinski definition) is 3. The average molecular weight is 351 g/mol. The third-order valence-corrected chi connectivity index (χ3v) is 4.98. The van der Waals surface area contributed by atoms with Gasteiger partial charge in [-0.1, -0.05) is 18.2 Å². The van der Waals surface area contributed by atoms with E-state index in [1.54, 1.807) is 29.2 Å². The minimum absolute atomic E-state index is 0.0278. The molecule has 1 aliphatic heterocycles. The molecule has 1 aromatic carbocycles. The summed E-state index contributed by atoms with van der Waals surface area (Å²) in [6, 6.07) is 11.2. The molecular weight excluding hydrogens is 330 g/mol. The summed E-state index contributed by atoms with van der Waals surface area (Å²) >= 11 is 0. The van der Waals surface area contributed by atoms with Crippen molar-refractivity contribution in [2.75, 3.05) is 7.05 Å². The lowest BCUT2D eigenvalue weighted by atomic mass is 10.1. The van der Waals surface area contributed by atoms with Crippen molar-refractivity contribution in [3.8, 4) is 0 Å². The van der Waals surface area contributed by atoms with Crippen molar-refractivity contribution in [1.82, 2.24) is 14.8 Å². The first-order chi connectivity index (χ1) is 12.6. The van der Waals surface area contributed by atoms with Gasteiger partial charge in [0.05, 0.1) is 12.8 Å². The Bertz CT molecular complexity index is 929. The Hall–Kier alpha value is -3.02. The van der Waals surface area contributed by atoms with E-state index in [1.807, 2.05) is 36.5 Å². The van der Waals surface area contributed by atoms with Crippen LogP contribution >= 0.6 is 0 Å². The number of furan rings is 1. The molecule has 1 fully saturated rings. The van der Waals surface area contributed by atoms with Gasteiger partial charge in [0, 0.05) is 37.1 Å². The lowest BCUT2D eigenvalue weighted by Gasteiger charge is -2.27. The Balaban J connectivity index is 1.52. The maximum atomic E-state index is 12.9. The zero-order chi connectivity index (χ0) is 18.1. The second-order valence-corrected chi connectivity index (χ2v) is 6.71. The van der Waals surface area contributed by atoms with Gasteiger partial charge in [-0.2, -0.15) is 0 Å². The molecule has 0 bridgehead atoms. The van der Waals surface area contributed by atoms with Crippen LogP contribution in [0.15, 0.2) is 53.3 Å². The average Bonchev–Trinajstić information content (AvgIpc) is 3.37. The van der Waals surface area contributed by atoms with Crippen molar-refractivity contribution >= 4 is 22.7 Å². The molecule has 0 radical (unpaired) electrons. The van der Waals surface area contributed by atoms with E-state index < -0.39 is 6.04 Å². The van der Waals surface area contributed by atoms with Gasteiger partial charge in [0.1, 0.15) is 11.8 Å². The number of amides is 2. The Kier molecular flexibility index (Phi) is 4.24. The first-order valence-electron chi connectivity index (χ1n) is 8.75. The molecule has 1 aliphatic rings. The highest BCUT2D eigenvalue weighted by Gasteiger charge is 2.37. The van der Waals surface area contributed by atoms with E-state index in [0.717, 1.165) is 22.2 Å². The van der Waals surface area contributed by atoms with E-state index >= 15 is 0 Å². The summed E-state index contributed by atoms with van der Waals surface area (Å²) in [7, 11) is 1.75. The van der Waals surface area contributed by atoms with Gasteiger partial charge < -0.3 is 19.2 Å². The second kappa shape index (κ2) is 6.71. The van der Waals surface area contributed by atoms with Gasteiger partial charge in [0.15, 0.2) is 0 Å². The van der Waals surface area contributed by atoms with Gasteiger partial charge in [0.25, 0.3) is 0 Å². The minimum Gasteiger partial charge on any atom is -0.467 e. The van der Waals surface area contributed by atoms with Crippen LogP contribution in [0.4, 0.5) is 0 Å². The lowest BCUT2D eigenvalue weighted by molar-refractivity contribution is -0.141. The summed E-state index contributed by atoms with van der Waals surface area (Å²) in [5, 5.41) is 1.09. The summed E-state index contributed by atoms with van der Waals surface area (Å²) in [6.45, 7) is 0.839. The monoisotopic (exact) mass is 351 g/mol. The number of nitrogens with zero attached hydrogens (tertiary/aromatic N) is 2. The number of aromatic nitrogens is 1. The molecule has 6 heteroatoms. The maximum absolute atomic E-state index is 12.9. The smallest absolute Gasteiger partial charge is 0.245 e. The van der Waals surface area contributed by atoms with Crippen LogP contribution < -0.4 is 0 Å². The minimum atomic E-state index is -0.420. The highest BCUT2D eigenvalue weighted by atomic mass is 16.3. The molecule has 0 spiro atoms. The molecule has 4 rings (SSSR count). The number of para-hydroxylation sites is 1. The third kappa shape index (κ3) is 2.98. The molecule has 1 atom stereocenters. The first-order valence-corrected chi connectivity index (χ1v) is 8.75. The quantitative estimate of drug-likeness (QED) is 0.768. The Morgan fingerprint density at radius 2 is 2.15 bits per heavy atom. The van der Waals surface area contributed by atoms with Crippen LogP contribution in [-0.4, -0.2) is 39.7 Å². The van der Waals surface area contributed by atoms with Crippen LogP contribution in [0, 0.1) is 0 Å². The number of aromatic amines is 1. The molecule has 2 amide bonds. The van der Waals surface area contributed by atoms with Crippen molar-refractivity contribution in [2.24, 2.45) is 0 Å². The Labute approximate surface area is 151 Å². The molecule has 1 saturated heterocycles. The fourth-order valence-electron chi connectivity index (χ4n) is 3.60. The third-order valence-electron chi connectivity index (χ3n) is 4.98. The van der Waals surface area contributed by atoms with Crippen molar-refractivity contribution in [3.05, 3.63) is 60.2 Å². The second-order valence-electron chi connectivity index (χ2n) is 6.71. The summed E-state index contributed by atoms with van der Waals surface area (Å²) in [5.41, 5.74) is 2.06. The number of carbonyl (C=O) groups is 2. The molecular formula is C20H21N3O3. The molecule has 0 aliphatic carbocycles. The molecule has 134 valence electrons. The largest absolute Gasteiger partial charge is 0.467 e. The van der Waals surface area contributed by atoms with E-state index in [4.69, 9.17) is 4.42 Å². The molecule has 26 heavy (non-hydrogen) atoms. The predicted octanol–water partition coefficient (Wildman–Crippen LogP) is 2.91. The predicted molar refractivity (Wildman–Crippen MR) is 97.1 cm³/mol. The zero-order valence-electron chi connectivity index (χ0n) is 14.6. The molecule has 3 heterocycles. The summed E-state index contributed by atoms with van der Waals surface area (Å²) in [6.07, 6.45) is 4.48. The lowest BCUT2D eigenvalue weighted by Crippen LogP contribution is -2.44. The highest BCUT2D eigenvalue weighted by Crippen LogP contribution is 2.26. The van der Waals surface area contributed by atoms with E-state index in [-0.39, 0.29) is 11.8 Å². The van der Waals surface area contributed by atoms with Gasteiger partial charge in [-0.15, -0.1) is 0 Å². The number of carbonyl (C=O) groups excluding carboxylic acids is 2. The zero-order valence-corrected chi connectivity index (χ0v) is 14.6. The van der Waals surface area contributed by atoms with Crippen LogP contribution in [0.3, 0.4) is 0 Å². The summed E-state index contributed by atoms with van der Waals surface area (Å²) in [4.78, 5) is 31.9. The van der Waals surface area contributed by atoms with Crippen molar-refractivity contribution in [1.29, 1.82) is 0 Å². The van der Waals surface area contributed by atoms with Gasteiger partial charge in [-0.3, -0.25) is 9.59 Å². The van der Waals surface area contributed by atoms with Crippen molar-refractivity contribution in [2.45, 2.75) is 32.0 Å². The van der Waals surface area contributed by atoms with Crippen molar-refractivity contribution in [3.63, 3.8) is 0 Å². The fourth-order valence-corrected chi connectivity index (χ4v) is 3.60. The van der Waals surface area contributed by atoms with Gasteiger partial charge in [0.2, 0.25) is 11.8 Å². The summed E-state index contributed by atoms with van der Waals surface area (Å²) in [5.74, 6) is 0.709. The van der Waals surface area contributed by atoms with Crippen LogP contribution in [0.5, 0.6) is 0 Å². The van der Waals surface area contributed by atoms with Crippen LogP contribution in [-0.2, 0) is 22.7 Å². The normalized spacial score (nSPS) is 17.2. The topological polar surface area (TPSA) is 69.6 Å². The molecule has 3 aromatic rings. The van der Waals surface area contributed by atoms with Crippen LogP contribution in [0.1, 0.15) is 24.2 Å². The number of rotatable bonds is 5. The number of likely N-dealkylation sites (tertiary alicyclic amines) is 1. The number of H-pyrrole nitrogens is 1. The maximum Gasteiger partial charge on any atom is 0.245 e.